The van der Waals surface area contributed by atoms with Gasteiger partial charge in [-0.05, 0) is 25.0 Å². The molecule has 0 aliphatic carbocycles. The maximum absolute atomic E-state index is 12.3. The summed E-state index contributed by atoms with van der Waals surface area (Å²) in [6.45, 7) is 2.01. The van der Waals surface area contributed by atoms with Gasteiger partial charge in [0.1, 0.15) is 4.21 Å². The van der Waals surface area contributed by atoms with E-state index in [2.05, 4.69) is 4.72 Å². The number of thiophene rings is 1. The normalized spacial score (nSPS) is 18.7. The number of nitrogens with one attached hydrogen (secondary N) is 1. The third-order valence-electron chi connectivity index (χ3n) is 3.63. The standard InChI is InChI=1S/C12H17ClN2O4S2/c1-9(17)15-6-4-12(8-16,5-7-15)14-21(18,19)11-3-2-10(13)20-11/h2-3,14,16H,4-8H2,1H3. The van der Waals surface area contributed by atoms with Crippen molar-refractivity contribution in [3.63, 3.8) is 0 Å². The summed E-state index contributed by atoms with van der Waals surface area (Å²) in [4.78, 5) is 13.0. The first kappa shape index (κ1) is 16.7. The second-order valence-electron chi connectivity index (χ2n) is 5.11. The highest BCUT2D eigenvalue weighted by atomic mass is 35.5. The average Bonchev–Trinajstić information content (AvgIpc) is 2.86. The number of amides is 1. The molecule has 0 radical (unpaired) electrons. The van der Waals surface area contributed by atoms with E-state index in [0.717, 1.165) is 11.3 Å². The fourth-order valence-electron chi connectivity index (χ4n) is 2.32. The quantitative estimate of drug-likeness (QED) is 0.848. The molecule has 6 nitrogen and oxygen atoms in total. The zero-order valence-electron chi connectivity index (χ0n) is 11.5. The van der Waals surface area contributed by atoms with Crippen molar-refractivity contribution in [1.82, 2.24) is 9.62 Å². The van der Waals surface area contributed by atoms with Crippen LogP contribution in [0.1, 0.15) is 19.8 Å². The molecular weight excluding hydrogens is 336 g/mol. The van der Waals surface area contributed by atoms with Crippen LogP contribution in [0, 0.1) is 0 Å². The Bertz CT molecular complexity index is 621. The molecule has 118 valence electrons. The van der Waals surface area contributed by atoms with Gasteiger partial charge in [-0.15, -0.1) is 11.3 Å². The van der Waals surface area contributed by atoms with E-state index in [-0.39, 0.29) is 16.7 Å². The van der Waals surface area contributed by atoms with E-state index in [4.69, 9.17) is 11.6 Å². The van der Waals surface area contributed by atoms with Crippen molar-refractivity contribution in [3.8, 4) is 0 Å². The minimum absolute atomic E-state index is 0.0468. The van der Waals surface area contributed by atoms with Gasteiger partial charge in [-0.25, -0.2) is 13.1 Å². The van der Waals surface area contributed by atoms with Gasteiger partial charge in [-0.3, -0.25) is 4.79 Å². The molecule has 1 aromatic rings. The fraction of sp³-hybridized carbons (Fsp3) is 0.583. The predicted molar refractivity (Wildman–Crippen MR) is 81.0 cm³/mol. The van der Waals surface area contributed by atoms with Crippen LogP contribution in [-0.4, -0.2) is 49.6 Å². The van der Waals surface area contributed by atoms with Crippen molar-refractivity contribution in [2.24, 2.45) is 0 Å². The molecule has 1 aliphatic rings. The molecular formula is C12H17ClN2O4S2. The Kier molecular flexibility index (Phi) is 4.94. The van der Waals surface area contributed by atoms with Crippen LogP contribution < -0.4 is 4.72 Å². The van der Waals surface area contributed by atoms with E-state index in [0.29, 0.717) is 30.3 Å². The van der Waals surface area contributed by atoms with E-state index < -0.39 is 15.6 Å². The molecule has 0 bridgehead atoms. The third kappa shape index (κ3) is 3.75. The molecule has 2 heterocycles. The van der Waals surface area contributed by atoms with Gasteiger partial charge in [0.05, 0.1) is 16.5 Å². The number of halogens is 1. The Labute approximate surface area is 132 Å². The molecule has 9 heteroatoms. The SMILES string of the molecule is CC(=O)N1CCC(CO)(NS(=O)(=O)c2ccc(Cl)s2)CC1. The molecule has 0 atom stereocenters. The van der Waals surface area contributed by atoms with Crippen molar-refractivity contribution in [2.45, 2.75) is 29.5 Å². The number of carbonyl (C=O) groups is 1. The van der Waals surface area contributed by atoms with Crippen LogP contribution >= 0.6 is 22.9 Å². The average molecular weight is 353 g/mol. The van der Waals surface area contributed by atoms with E-state index in [1.165, 1.54) is 19.1 Å². The molecule has 21 heavy (non-hydrogen) atoms. The molecule has 0 unspecified atom stereocenters. The van der Waals surface area contributed by atoms with Crippen molar-refractivity contribution >= 4 is 38.9 Å². The Morgan fingerprint density at radius 3 is 2.52 bits per heavy atom. The summed E-state index contributed by atoms with van der Waals surface area (Å²) in [6.07, 6.45) is 0.753. The summed E-state index contributed by atoms with van der Waals surface area (Å²) < 4.78 is 27.8. The topological polar surface area (TPSA) is 86.7 Å². The Hall–Kier alpha value is -0.670. The summed E-state index contributed by atoms with van der Waals surface area (Å²) in [6, 6.07) is 2.95. The first-order chi connectivity index (χ1) is 9.78. The molecule has 1 aliphatic heterocycles. The van der Waals surface area contributed by atoms with Crippen molar-refractivity contribution in [2.75, 3.05) is 19.7 Å². The highest BCUT2D eigenvalue weighted by Crippen LogP contribution is 2.29. The Morgan fingerprint density at radius 1 is 1.48 bits per heavy atom. The van der Waals surface area contributed by atoms with Crippen LogP contribution in [0.3, 0.4) is 0 Å². The van der Waals surface area contributed by atoms with Crippen molar-refractivity contribution in [3.05, 3.63) is 16.5 Å². The molecule has 1 aromatic heterocycles. The molecule has 1 fully saturated rings. The van der Waals surface area contributed by atoms with Gasteiger partial charge in [-0.2, -0.15) is 0 Å². The lowest BCUT2D eigenvalue weighted by Gasteiger charge is -2.40. The van der Waals surface area contributed by atoms with Gasteiger partial charge < -0.3 is 10.0 Å². The zero-order chi connectivity index (χ0) is 15.7. The summed E-state index contributed by atoms with van der Waals surface area (Å²) >= 11 is 6.73. The van der Waals surface area contributed by atoms with Crippen molar-refractivity contribution < 1.29 is 18.3 Å². The molecule has 2 N–H and O–H groups in total. The summed E-state index contributed by atoms with van der Waals surface area (Å²) in [5.41, 5.74) is -0.929. The number of hydrogen-bond acceptors (Lipinski definition) is 5. The van der Waals surface area contributed by atoms with Crippen LogP contribution in [-0.2, 0) is 14.8 Å². The second-order valence-corrected chi connectivity index (χ2v) is 8.73. The van der Waals surface area contributed by atoms with Gasteiger partial charge in [-0.1, -0.05) is 11.6 Å². The number of rotatable bonds is 4. The number of carbonyl (C=O) groups excluding carboxylic acids is 1. The Morgan fingerprint density at radius 2 is 2.10 bits per heavy atom. The van der Waals surface area contributed by atoms with Crippen LogP contribution in [0.2, 0.25) is 4.34 Å². The van der Waals surface area contributed by atoms with Gasteiger partial charge in [0, 0.05) is 20.0 Å². The number of piperidine rings is 1. The minimum Gasteiger partial charge on any atom is -0.394 e. The first-order valence-electron chi connectivity index (χ1n) is 6.44. The molecule has 1 amide bonds. The highest BCUT2D eigenvalue weighted by Gasteiger charge is 2.38. The maximum atomic E-state index is 12.3. The molecule has 1 saturated heterocycles. The minimum atomic E-state index is -3.73. The van der Waals surface area contributed by atoms with Gasteiger partial charge in [0.2, 0.25) is 5.91 Å². The van der Waals surface area contributed by atoms with Crippen LogP contribution in [0.25, 0.3) is 0 Å². The fourth-order valence-corrected chi connectivity index (χ4v) is 5.25. The lowest BCUT2D eigenvalue weighted by molar-refractivity contribution is -0.130. The van der Waals surface area contributed by atoms with E-state index >= 15 is 0 Å². The number of likely N-dealkylation sites (tertiary alicyclic amines) is 1. The number of aliphatic hydroxyl groups is 1. The van der Waals surface area contributed by atoms with E-state index in [9.17, 15) is 18.3 Å². The largest absolute Gasteiger partial charge is 0.394 e. The molecule has 0 spiro atoms. The summed E-state index contributed by atoms with van der Waals surface area (Å²) in [5, 5.41) is 9.63. The highest BCUT2D eigenvalue weighted by molar-refractivity contribution is 7.91. The van der Waals surface area contributed by atoms with Gasteiger partial charge in [0.15, 0.2) is 0 Å². The smallest absolute Gasteiger partial charge is 0.250 e. The predicted octanol–water partition coefficient (Wildman–Crippen LogP) is 1.05. The number of sulfonamides is 1. The van der Waals surface area contributed by atoms with Gasteiger partial charge in [0.25, 0.3) is 10.0 Å². The van der Waals surface area contributed by atoms with Crippen LogP contribution in [0.15, 0.2) is 16.3 Å². The third-order valence-corrected chi connectivity index (χ3v) is 6.93. The molecule has 0 saturated carbocycles. The monoisotopic (exact) mass is 352 g/mol. The Balaban J connectivity index is 2.14. The van der Waals surface area contributed by atoms with Crippen LogP contribution in [0.4, 0.5) is 0 Å². The maximum Gasteiger partial charge on any atom is 0.250 e. The van der Waals surface area contributed by atoms with Gasteiger partial charge >= 0.3 is 0 Å². The van der Waals surface area contributed by atoms with E-state index in [1.807, 2.05) is 0 Å². The lowest BCUT2D eigenvalue weighted by atomic mass is 9.89. The number of hydrogen-bond donors (Lipinski definition) is 2. The zero-order valence-corrected chi connectivity index (χ0v) is 13.9. The molecule has 0 aromatic carbocycles. The molecule has 2 rings (SSSR count). The second kappa shape index (κ2) is 6.21. The summed E-state index contributed by atoms with van der Waals surface area (Å²) in [5.74, 6) is -0.0468. The lowest BCUT2D eigenvalue weighted by Crippen LogP contribution is -2.57. The first-order valence-corrected chi connectivity index (χ1v) is 9.11. The number of nitrogens with zero attached hydrogens (tertiary/aromatic N) is 1. The van der Waals surface area contributed by atoms with Crippen molar-refractivity contribution in [1.29, 1.82) is 0 Å². The summed E-state index contributed by atoms with van der Waals surface area (Å²) in [7, 11) is -3.73. The van der Waals surface area contributed by atoms with Crippen LogP contribution in [0.5, 0.6) is 0 Å². The van der Waals surface area contributed by atoms with E-state index in [1.54, 1.807) is 4.90 Å². The number of aliphatic hydroxyl groups excluding tert-OH is 1.